The van der Waals surface area contributed by atoms with E-state index in [1.54, 1.807) is 6.08 Å². The third-order valence-corrected chi connectivity index (χ3v) is 1.74. The molecule has 2 nitrogen and oxygen atoms in total. The van der Waals surface area contributed by atoms with Gasteiger partial charge in [0, 0.05) is 6.08 Å². The van der Waals surface area contributed by atoms with Gasteiger partial charge in [-0.15, -0.1) is 0 Å². The number of carbonyl (C=O) groups is 1. The highest BCUT2D eigenvalue weighted by molar-refractivity contribution is 5.82. The van der Waals surface area contributed by atoms with Gasteiger partial charge in [0.2, 0.25) is 0 Å². The predicted octanol–water partition coefficient (Wildman–Crippen LogP) is 2.54. The Bertz CT molecular complexity index is 169. The van der Waals surface area contributed by atoms with Crippen LogP contribution in [0.2, 0.25) is 0 Å². The number of carbonyl (C=O) groups excluding carboxylic acids is 1. The van der Waals surface area contributed by atoms with Crippen molar-refractivity contribution in [1.82, 2.24) is 0 Å². The first-order chi connectivity index (χ1) is 5.61. The third-order valence-electron chi connectivity index (χ3n) is 1.74. The van der Waals surface area contributed by atoms with E-state index in [-0.39, 0.29) is 5.97 Å². The summed E-state index contributed by atoms with van der Waals surface area (Å²) >= 11 is 0. The van der Waals surface area contributed by atoms with E-state index in [4.69, 9.17) is 4.74 Å². The molecule has 0 N–H and O–H groups in total. The molecule has 0 aliphatic heterocycles. The summed E-state index contributed by atoms with van der Waals surface area (Å²) < 4.78 is 4.81. The maximum absolute atomic E-state index is 11.0. The summed E-state index contributed by atoms with van der Waals surface area (Å²) in [4.78, 5) is 11.0. The fourth-order valence-electron chi connectivity index (χ4n) is 1.01. The number of allylic oxidation sites excluding steroid dienone is 1. The Balaban J connectivity index is 4.18. The Labute approximate surface area is 74.6 Å². The average Bonchev–Trinajstić information content (AvgIpc) is 2.00. The van der Waals surface area contributed by atoms with Crippen molar-refractivity contribution in [1.29, 1.82) is 0 Å². The van der Waals surface area contributed by atoms with Crippen molar-refractivity contribution in [2.45, 2.75) is 34.1 Å². The van der Waals surface area contributed by atoms with Crippen LogP contribution in [-0.2, 0) is 9.53 Å². The minimum atomic E-state index is -0.219. The molecule has 0 aromatic rings. The van der Waals surface area contributed by atoms with Gasteiger partial charge in [-0.2, -0.15) is 0 Å². The zero-order chi connectivity index (χ0) is 9.56. The first kappa shape index (κ1) is 11.2. The molecule has 0 heterocycles. The summed E-state index contributed by atoms with van der Waals surface area (Å²) in [5.41, 5.74) is 1.15. The standard InChI is InChI=1S/C10H18O2/c1-5-9(8(3)4)7-10(11)12-6-2/h7-8H,5-6H2,1-4H3. The van der Waals surface area contributed by atoms with Crippen molar-refractivity contribution in [3.05, 3.63) is 11.6 Å². The smallest absolute Gasteiger partial charge is 0.330 e. The van der Waals surface area contributed by atoms with Gasteiger partial charge in [-0.3, -0.25) is 0 Å². The lowest BCUT2D eigenvalue weighted by Gasteiger charge is -2.07. The molecule has 0 radical (unpaired) electrons. The number of rotatable bonds is 4. The molecule has 0 aromatic heterocycles. The second kappa shape index (κ2) is 5.81. The lowest BCUT2D eigenvalue weighted by atomic mass is 10.0. The van der Waals surface area contributed by atoms with Gasteiger partial charge in [0.15, 0.2) is 0 Å². The molecule has 0 saturated carbocycles. The van der Waals surface area contributed by atoms with E-state index in [1.807, 2.05) is 13.8 Å². The molecule has 0 rings (SSSR count). The maximum Gasteiger partial charge on any atom is 0.330 e. The Kier molecular flexibility index (Phi) is 5.43. The summed E-state index contributed by atoms with van der Waals surface area (Å²) in [6.07, 6.45) is 2.52. The maximum atomic E-state index is 11.0. The second-order valence-electron chi connectivity index (χ2n) is 2.98. The Morgan fingerprint density at radius 1 is 1.42 bits per heavy atom. The largest absolute Gasteiger partial charge is 0.463 e. The van der Waals surface area contributed by atoms with Gasteiger partial charge >= 0.3 is 5.97 Å². The summed E-state index contributed by atoms with van der Waals surface area (Å²) in [5, 5.41) is 0. The van der Waals surface area contributed by atoms with Crippen molar-refractivity contribution in [3.63, 3.8) is 0 Å². The molecule has 0 unspecified atom stereocenters. The summed E-state index contributed by atoms with van der Waals surface area (Å²) in [6, 6.07) is 0. The van der Waals surface area contributed by atoms with E-state index in [9.17, 15) is 4.79 Å². The topological polar surface area (TPSA) is 26.3 Å². The van der Waals surface area contributed by atoms with Gasteiger partial charge in [-0.05, 0) is 19.3 Å². The molecular formula is C10H18O2. The fraction of sp³-hybridized carbons (Fsp3) is 0.700. The van der Waals surface area contributed by atoms with E-state index in [2.05, 4.69) is 13.8 Å². The van der Waals surface area contributed by atoms with Crippen molar-refractivity contribution >= 4 is 5.97 Å². The van der Waals surface area contributed by atoms with Gasteiger partial charge < -0.3 is 4.74 Å². The van der Waals surface area contributed by atoms with Crippen LogP contribution in [0.5, 0.6) is 0 Å². The van der Waals surface area contributed by atoms with Crippen LogP contribution in [0.3, 0.4) is 0 Å². The molecule has 2 heteroatoms. The Hall–Kier alpha value is -0.790. The predicted molar refractivity (Wildman–Crippen MR) is 49.8 cm³/mol. The van der Waals surface area contributed by atoms with E-state index in [1.165, 1.54) is 0 Å². The van der Waals surface area contributed by atoms with E-state index in [0.29, 0.717) is 12.5 Å². The van der Waals surface area contributed by atoms with Crippen LogP contribution in [0.15, 0.2) is 11.6 Å². The van der Waals surface area contributed by atoms with Crippen LogP contribution >= 0.6 is 0 Å². The van der Waals surface area contributed by atoms with Crippen LogP contribution in [0.25, 0.3) is 0 Å². The number of hydrogen-bond donors (Lipinski definition) is 0. The fourth-order valence-corrected chi connectivity index (χ4v) is 1.01. The SMILES string of the molecule is CCOC(=O)C=C(CC)C(C)C. The molecule has 0 atom stereocenters. The van der Waals surface area contributed by atoms with E-state index in [0.717, 1.165) is 12.0 Å². The molecule has 12 heavy (non-hydrogen) atoms. The van der Waals surface area contributed by atoms with Crippen LogP contribution < -0.4 is 0 Å². The summed E-state index contributed by atoms with van der Waals surface area (Å²) in [5.74, 6) is 0.211. The van der Waals surface area contributed by atoms with Gasteiger partial charge in [-0.1, -0.05) is 26.3 Å². The average molecular weight is 170 g/mol. The van der Waals surface area contributed by atoms with Crippen LogP contribution in [-0.4, -0.2) is 12.6 Å². The number of esters is 1. The van der Waals surface area contributed by atoms with Crippen molar-refractivity contribution in [3.8, 4) is 0 Å². The Morgan fingerprint density at radius 2 is 2.00 bits per heavy atom. The van der Waals surface area contributed by atoms with Crippen molar-refractivity contribution < 1.29 is 9.53 Å². The van der Waals surface area contributed by atoms with Crippen LogP contribution in [0, 0.1) is 5.92 Å². The molecule has 0 aliphatic rings. The highest BCUT2D eigenvalue weighted by Gasteiger charge is 2.03. The normalized spacial score (nSPS) is 11.9. The molecule has 70 valence electrons. The highest BCUT2D eigenvalue weighted by Crippen LogP contribution is 2.12. The third kappa shape index (κ3) is 4.16. The van der Waals surface area contributed by atoms with Crippen molar-refractivity contribution in [2.75, 3.05) is 6.61 Å². The zero-order valence-corrected chi connectivity index (χ0v) is 8.39. The monoisotopic (exact) mass is 170 g/mol. The molecule has 0 saturated heterocycles. The molecule has 0 aliphatic carbocycles. The lowest BCUT2D eigenvalue weighted by Crippen LogP contribution is -2.03. The summed E-state index contributed by atoms with van der Waals surface area (Å²) in [6.45, 7) is 8.46. The number of ether oxygens (including phenoxy) is 1. The minimum Gasteiger partial charge on any atom is -0.463 e. The molecular weight excluding hydrogens is 152 g/mol. The highest BCUT2D eigenvalue weighted by atomic mass is 16.5. The summed E-state index contributed by atoms with van der Waals surface area (Å²) in [7, 11) is 0. The first-order valence-electron chi connectivity index (χ1n) is 4.49. The molecule has 0 aromatic carbocycles. The molecule has 0 bridgehead atoms. The van der Waals surface area contributed by atoms with E-state index >= 15 is 0 Å². The van der Waals surface area contributed by atoms with Crippen molar-refractivity contribution in [2.24, 2.45) is 5.92 Å². The molecule has 0 fully saturated rings. The first-order valence-corrected chi connectivity index (χ1v) is 4.49. The van der Waals surface area contributed by atoms with Crippen LogP contribution in [0.4, 0.5) is 0 Å². The van der Waals surface area contributed by atoms with Gasteiger partial charge in [0.25, 0.3) is 0 Å². The van der Waals surface area contributed by atoms with Crippen LogP contribution in [0.1, 0.15) is 34.1 Å². The van der Waals surface area contributed by atoms with E-state index < -0.39 is 0 Å². The van der Waals surface area contributed by atoms with Gasteiger partial charge in [-0.25, -0.2) is 4.79 Å². The Morgan fingerprint density at radius 3 is 2.33 bits per heavy atom. The zero-order valence-electron chi connectivity index (χ0n) is 8.39. The molecule has 0 spiro atoms. The van der Waals surface area contributed by atoms with Gasteiger partial charge in [0.1, 0.15) is 0 Å². The quantitative estimate of drug-likeness (QED) is 0.478. The second-order valence-corrected chi connectivity index (χ2v) is 2.98. The number of hydrogen-bond acceptors (Lipinski definition) is 2. The van der Waals surface area contributed by atoms with Gasteiger partial charge in [0.05, 0.1) is 6.61 Å². The molecule has 0 amide bonds. The minimum absolute atomic E-state index is 0.219. The lowest BCUT2D eigenvalue weighted by molar-refractivity contribution is -0.137.